The van der Waals surface area contributed by atoms with Gasteiger partial charge in [-0.15, -0.1) is 0 Å². The summed E-state index contributed by atoms with van der Waals surface area (Å²) in [5.74, 6) is 0. The lowest BCUT2D eigenvalue weighted by atomic mass is 9.64. The molecule has 1 aromatic carbocycles. The standard InChI is InChI=1S/C17H24N2O2/c20-13-16(9-10-16)11-18-15(21)19-12-17(7-4-8-17)14-5-2-1-3-6-14/h1-3,5-6,20H,4,7-13H2,(H2,18,19,21). The van der Waals surface area contributed by atoms with E-state index >= 15 is 0 Å². The number of benzene rings is 1. The fraction of sp³-hybridized carbons (Fsp3) is 0.588. The number of aliphatic hydroxyl groups is 1. The van der Waals surface area contributed by atoms with E-state index in [0.29, 0.717) is 13.1 Å². The van der Waals surface area contributed by atoms with Gasteiger partial charge in [0.2, 0.25) is 0 Å². The van der Waals surface area contributed by atoms with Crippen molar-refractivity contribution in [2.75, 3.05) is 19.7 Å². The molecule has 3 N–H and O–H groups in total. The van der Waals surface area contributed by atoms with Gasteiger partial charge in [0.15, 0.2) is 0 Å². The summed E-state index contributed by atoms with van der Waals surface area (Å²) in [6.07, 6.45) is 5.52. The molecule has 0 aliphatic heterocycles. The Bertz CT molecular complexity index is 493. The highest BCUT2D eigenvalue weighted by atomic mass is 16.3. The van der Waals surface area contributed by atoms with Crippen LogP contribution in [0.25, 0.3) is 0 Å². The topological polar surface area (TPSA) is 61.4 Å². The molecule has 0 spiro atoms. The van der Waals surface area contributed by atoms with E-state index in [1.165, 1.54) is 12.0 Å². The Morgan fingerprint density at radius 1 is 1.05 bits per heavy atom. The fourth-order valence-electron chi connectivity index (χ4n) is 3.11. The molecule has 4 heteroatoms. The Hall–Kier alpha value is -1.55. The molecule has 2 saturated carbocycles. The first kappa shape index (κ1) is 14.4. The van der Waals surface area contributed by atoms with E-state index in [9.17, 15) is 9.90 Å². The smallest absolute Gasteiger partial charge is 0.314 e. The predicted octanol–water partition coefficient (Wildman–Crippen LogP) is 2.18. The minimum absolute atomic E-state index is 0.0368. The van der Waals surface area contributed by atoms with E-state index in [1.54, 1.807) is 0 Å². The summed E-state index contributed by atoms with van der Waals surface area (Å²) in [6.45, 7) is 1.43. The van der Waals surface area contributed by atoms with Gasteiger partial charge in [-0.1, -0.05) is 36.8 Å². The van der Waals surface area contributed by atoms with E-state index in [0.717, 1.165) is 25.7 Å². The molecule has 21 heavy (non-hydrogen) atoms. The Labute approximate surface area is 125 Å². The van der Waals surface area contributed by atoms with E-state index in [2.05, 4.69) is 34.9 Å². The highest BCUT2D eigenvalue weighted by molar-refractivity contribution is 5.74. The Morgan fingerprint density at radius 3 is 2.24 bits per heavy atom. The SMILES string of the molecule is O=C(NCC1(CO)CC1)NCC1(c2ccccc2)CCC1. The van der Waals surface area contributed by atoms with Crippen molar-refractivity contribution in [1.29, 1.82) is 0 Å². The van der Waals surface area contributed by atoms with Crippen LogP contribution < -0.4 is 10.6 Å². The number of hydrogen-bond acceptors (Lipinski definition) is 2. The lowest BCUT2D eigenvalue weighted by Crippen LogP contribution is -2.49. The average molecular weight is 288 g/mol. The van der Waals surface area contributed by atoms with Gasteiger partial charge in [0.05, 0.1) is 6.61 Å². The molecule has 2 fully saturated rings. The quantitative estimate of drug-likeness (QED) is 0.751. The van der Waals surface area contributed by atoms with Gasteiger partial charge in [-0.2, -0.15) is 0 Å². The zero-order valence-electron chi connectivity index (χ0n) is 12.4. The van der Waals surface area contributed by atoms with E-state index in [-0.39, 0.29) is 23.5 Å². The molecule has 0 atom stereocenters. The Morgan fingerprint density at radius 2 is 1.71 bits per heavy atom. The number of amides is 2. The highest BCUT2D eigenvalue weighted by Gasteiger charge is 2.42. The van der Waals surface area contributed by atoms with Crippen molar-refractivity contribution in [2.45, 2.75) is 37.5 Å². The first-order valence-corrected chi connectivity index (χ1v) is 7.86. The lowest BCUT2D eigenvalue weighted by molar-refractivity contribution is 0.197. The first-order chi connectivity index (χ1) is 10.2. The molecule has 0 heterocycles. The monoisotopic (exact) mass is 288 g/mol. The van der Waals surface area contributed by atoms with E-state index < -0.39 is 0 Å². The van der Waals surface area contributed by atoms with Crippen LogP contribution in [0.2, 0.25) is 0 Å². The maximum atomic E-state index is 11.9. The molecule has 0 aromatic heterocycles. The van der Waals surface area contributed by atoms with E-state index in [4.69, 9.17) is 0 Å². The predicted molar refractivity (Wildman–Crippen MR) is 82.1 cm³/mol. The summed E-state index contributed by atoms with van der Waals surface area (Å²) >= 11 is 0. The highest BCUT2D eigenvalue weighted by Crippen LogP contribution is 2.44. The third-order valence-corrected chi connectivity index (χ3v) is 5.20. The number of carbonyl (C=O) groups is 1. The van der Waals surface area contributed by atoms with Gasteiger partial charge in [-0.3, -0.25) is 0 Å². The number of urea groups is 1. The van der Waals surface area contributed by atoms with Crippen LogP contribution in [0.4, 0.5) is 4.79 Å². The van der Waals surface area contributed by atoms with Gasteiger partial charge in [-0.25, -0.2) is 4.79 Å². The van der Waals surface area contributed by atoms with Crippen molar-refractivity contribution < 1.29 is 9.90 Å². The summed E-state index contributed by atoms with van der Waals surface area (Å²) < 4.78 is 0. The fourth-order valence-corrected chi connectivity index (χ4v) is 3.11. The van der Waals surface area contributed by atoms with Crippen LogP contribution in [0.15, 0.2) is 30.3 Å². The molecular weight excluding hydrogens is 264 g/mol. The first-order valence-electron chi connectivity index (χ1n) is 7.86. The minimum Gasteiger partial charge on any atom is -0.396 e. The summed E-state index contributed by atoms with van der Waals surface area (Å²) in [6, 6.07) is 10.4. The normalized spacial score (nSPS) is 21.2. The molecule has 3 rings (SSSR count). The second-order valence-corrected chi connectivity index (χ2v) is 6.69. The molecule has 0 radical (unpaired) electrons. The number of carbonyl (C=O) groups excluding carboxylic acids is 1. The third kappa shape index (κ3) is 3.05. The van der Waals surface area contributed by atoms with Crippen molar-refractivity contribution >= 4 is 6.03 Å². The van der Waals surface area contributed by atoms with E-state index in [1.807, 2.05) is 6.07 Å². The number of rotatable bonds is 6. The number of aliphatic hydroxyl groups excluding tert-OH is 1. The zero-order chi connectivity index (χ0) is 14.8. The van der Waals surface area contributed by atoms with Gasteiger partial charge in [0.25, 0.3) is 0 Å². The van der Waals surface area contributed by atoms with Gasteiger partial charge >= 0.3 is 6.03 Å². The average Bonchev–Trinajstić information content (AvgIpc) is 3.26. The number of nitrogens with one attached hydrogen (secondary N) is 2. The summed E-state index contributed by atoms with van der Waals surface area (Å²) in [5.41, 5.74) is 1.41. The van der Waals surface area contributed by atoms with Crippen LogP contribution in [-0.2, 0) is 5.41 Å². The van der Waals surface area contributed by atoms with Crippen molar-refractivity contribution in [2.24, 2.45) is 5.41 Å². The largest absolute Gasteiger partial charge is 0.396 e. The number of hydrogen-bond donors (Lipinski definition) is 3. The maximum Gasteiger partial charge on any atom is 0.314 e. The second kappa shape index (κ2) is 5.68. The molecule has 0 bridgehead atoms. The van der Waals surface area contributed by atoms with Crippen LogP contribution in [0, 0.1) is 5.41 Å². The summed E-state index contributed by atoms with van der Waals surface area (Å²) in [7, 11) is 0. The van der Waals surface area contributed by atoms with Crippen molar-refractivity contribution in [3.8, 4) is 0 Å². The van der Waals surface area contributed by atoms with Gasteiger partial charge in [0, 0.05) is 23.9 Å². The van der Waals surface area contributed by atoms with Gasteiger partial charge < -0.3 is 15.7 Å². The lowest BCUT2D eigenvalue weighted by Gasteiger charge is -2.42. The van der Waals surface area contributed by atoms with Gasteiger partial charge in [-0.05, 0) is 31.2 Å². The zero-order valence-corrected chi connectivity index (χ0v) is 12.4. The van der Waals surface area contributed by atoms with Crippen LogP contribution in [0.5, 0.6) is 0 Å². The molecule has 4 nitrogen and oxygen atoms in total. The van der Waals surface area contributed by atoms with Crippen LogP contribution in [0.3, 0.4) is 0 Å². The summed E-state index contributed by atoms with van der Waals surface area (Å²) in [4.78, 5) is 11.9. The Kier molecular flexibility index (Phi) is 3.89. The maximum absolute atomic E-state index is 11.9. The summed E-state index contributed by atoms with van der Waals surface area (Å²) in [5, 5.41) is 15.2. The third-order valence-electron chi connectivity index (χ3n) is 5.20. The second-order valence-electron chi connectivity index (χ2n) is 6.69. The van der Waals surface area contributed by atoms with Crippen LogP contribution >= 0.6 is 0 Å². The van der Waals surface area contributed by atoms with Crippen molar-refractivity contribution in [3.05, 3.63) is 35.9 Å². The van der Waals surface area contributed by atoms with Crippen LogP contribution in [-0.4, -0.2) is 30.8 Å². The molecule has 0 saturated heterocycles. The van der Waals surface area contributed by atoms with Crippen LogP contribution in [0.1, 0.15) is 37.7 Å². The van der Waals surface area contributed by atoms with Crippen molar-refractivity contribution in [1.82, 2.24) is 10.6 Å². The molecule has 1 aromatic rings. The molecule has 2 aliphatic carbocycles. The molecule has 114 valence electrons. The minimum atomic E-state index is -0.114. The molecular formula is C17H24N2O2. The molecule has 2 amide bonds. The van der Waals surface area contributed by atoms with Crippen molar-refractivity contribution in [3.63, 3.8) is 0 Å². The Balaban J connectivity index is 1.50. The van der Waals surface area contributed by atoms with Gasteiger partial charge in [0.1, 0.15) is 0 Å². The molecule has 0 unspecified atom stereocenters. The molecule has 2 aliphatic rings.